The Morgan fingerprint density at radius 1 is 1.22 bits per heavy atom. The van der Waals surface area contributed by atoms with Crippen molar-refractivity contribution in [3.05, 3.63) is 35.4 Å². The number of likely N-dealkylation sites (N-methyl/N-ethyl adjacent to an activating group) is 1. The first-order chi connectivity index (χ1) is 17.4. The van der Waals surface area contributed by atoms with Crippen LogP contribution < -0.4 is 15.5 Å². The topological polar surface area (TPSA) is 106 Å². The van der Waals surface area contributed by atoms with Crippen molar-refractivity contribution in [3.63, 3.8) is 0 Å². The lowest BCUT2D eigenvalue weighted by Crippen LogP contribution is -2.56. The zero-order chi connectivity index (χ0) is 25.3. The summed E-state index contributed by atoms with van der Waals surface area (Å²) in [6.07, 6.45) is 10.5. The lowest BCUT2D eigenvalue weighted by Gasteiger charge is -2.40. The van der Waals surface area contributed by atoms with Gasteiger partial charge in [0, 0.05) is 62.6 Å². The lowest BCUT2D eigenvalue weighted by molar-refractivity contribution is -0.140. The van der Waals surface area contributed by atoms with E-state index in [1.807, 2.05) is 12.2 Å². The Hall–Kier alpha value is -3.27. The number of hydrogen-bond acceptors (Lipinski definition) is 8. The number of nitrogens with one attached hydrogen (secondary N) is 2. The minimum absolute atomic E-state index is 0.0614. The van der Waals surface area contributed by atoms with E-state index in [1.165, 1.54) is 0 Å². The smallest absolute Gasteiger partial charge is 0.244 e. The molecule has 0 bridgehead atoms. The molecule has 1 aliphatic carbocycles. The number of carbonyl (C=O) groups is 2. The van der Waals surface area contributed by atoms with E-state index in [9.17, 15) is 9.59 Å². The molecule has 1 spiro atoms. The molecule has 10 heteroatoms. The molecule has 1 unspecified atom stereocenters. The van der Waals surface area contributed by atoms with Gasteiger partial charge < -0.3 is 20.4 Å². The van der Waals surface area contributed by atoms with Gasteiger partial charge in [-0.1, -0.05) is 12.8 Å². The highest BCUT2D eigenvalue weighted by Gasteiger charge is 2.56. The molecule has 4 heterocycles. The van der Waals surface area contributed by atoms with Crippen LogP contribution >= 0.6 is 0 Å². The Morgan fingerprint density at radius 3 is 2.64 bits per heavy atom. The average molecular weight is 493 g/mol. The van der Waals surface area contributed by atoms with Crippen LogP contribution in [-0.2, 0) is 16.0 Å². The summed E-state index contributed by atoms with van der Waals surface area (Å²) in [6, 6.07) is 0.0614. The van der Waals surface area contributed by atoms with Crippen molar-refractivity contribution in [2.75, 3.05) is 50.0 Å². The fourth-order valence-corrected chi connectivity index (χ4v) is 5.78. The molecule has 0 aromatic carbocycles. The first-order valence-electron chi connectivity index (χ1n) is 12.9. The van der Waals surface area contributed by atoms with E-state index >= 15 is 0 Å². The number of hydrogen-bond donors (Lipinski definition) is 2. The van der Waals surface area contributed by atoms with Gasteiger partial charge in [-0.3, -0.25) is 14.5 Å². The Morgan fingerprint density at radius 2 is 1.97 bits per heavy atom. The van der Waals surface area contributed by atoms with Gasteiger partial charge in [0.1, 0.15) is 17.1 Å². The van der Waals surface area contributed by atoms with E-state index in [-0.39, 0.29) is 17.9 Å². The van der Waals surface area contributed by atoms with Gasteiger partial charge in [0.25, 0.3) is 0 Å². The third-order valence-corrected chi connectivity index (χ3v) is 8.05. The van der Waals surface area contributed by atoms with Crippen LogP contribution in [0.15, 0.2) is 34.9 Å². The van der Waals surface area contributed by atoms with E-state index in [1.54, 1.807) is 11.1 Å². The SMILES string of the molecule is C=N/C(=C\C=C(/C)N1CCN(C)CC1)Nc1ncc2c(n1)N(C1CCCC1)C(=O)C1(CCNC1=O)C2. The van der Waals surface area contributed by atoms with Crippen LogP contribution in [0.2, 0.25) is 0 Å². The van der Waals surface area contributed by atoms with Crippen molar-refractivity contribution >= 4 is 30.3 Å². The molecule has 2 N–H and O–H groups in total. The number of allylic oxidation sites excluding steroid dienone is 3. The van der Waals surface area contributed by atoms with Gasteiger partial charge in [0.15, 0.2) is 0 Å². The van der Waals surface area contributed by atoms with Gasteiger partial charge >= 0.3 is 0 Å². The van der Waals surface area contributed by atoms with Crippen molar-refractivity contribution in [2.45, 2.75) is 51.5 Å². The number of amides is 2. The summed E-state index contributed by atoms with van der Waals surface area (Å²) in [5.74, 6) is 1.21. The predicted octanol–water partition coefficient (Wildman–Crippen LogP) is 1.92. The summed E-state index contributed by atoms with van der Waals surface area (Å²) in [7, 11) is 2.14. The maximum absolute atomic E-state index is 13.8. The van der Waals surface area contributed by atoms with Crippen molar-refractivity contribution in [3.8, 4) is 0 Å². The Balaban J connectivity index is 1.40. The second-order valence-electron chi connectivity index (χ2n) is 10.4. The summed E-state index contributed by atoms with van der Waals surface area (Å²) in [4.78, 5) is 46.4. The van der Waals surface area contributed by atoms with Gasteiger partial charge in [0.05, 0.1) is 0 Å². The fraction of sp³-hybridized carbons (Fsp3) is 0.577. The van der Waals surface area contributed by atoms with Crippen molar-refractivity contribution in [1.29, 1.82) is 0 Å². The molecule has 36 heavy (non-hydrogen) atoms. The summed E-state index contributed by atoms with van der Waals surface area (Å²) in [5.41, 5.74) is 0.968. The minimum Gasteiger partial charge on any atom is -0.372 e. The van der Waals surface area contributed by atoms with E-state index in [0.29, 0.717) is 37.0 Å². The van der Waals surface area contributed by atoms with Crippen molar-refractivity contribution in [1.82, 2.24) is 25.1 Å². The number of nitrogens with zero attached hydrogens (tertiary/aromatic N) is 6. The quantitative estimate of drug-likeness (QED) is 0.355. The molecule has 10 nitrogen and oxygen atoms in total. The third-order valence-electron chi connectivity index (χ3n) is 8.05. The molecule has 192 valence electrons. The molecular formula is C26H36N8O2. The molecule has 2 amide bonds. The molecular weight excluding hydrogens is 456 g/mol. The second-order valence-corrected chi connectivity index (χ2v) is 10.4. The number of fused-ring (bicyclic) bond motifs is 1. The molecule has 1 aromatic heterocycles. The van der Waals surface area contributed by atoms with E-state index < -0.39 is 5.41 Å². The number of carbonyl (C=O) groups excluding carboxylic acids is 2. The maximum atomic E-state index is 13.8. The summed E-state index contributed by atoms with van der Waals surface area (Å²) in [6.45, 7) is 10.4. The van der Waals surface area contributed by atoms with Gasteiger partial charge in [-0.15, -0.1) is 0 Å². The number of anilines is 2. The van der Waals surface area contributed by atoms with Crippen LogP contribution in [0, 0.1) is 5.41 Å². The Labute approximate surface area is 212 Å². The zero-order valence-corrected chi connectivity index (χ0v) is 21.3. The molecule has 3 fully saturated rings. The standard InChI is InChI=1S/C26H36N8O2/c1-18(33-14-12-32(3)13-15-33)8-9-21(27-2)30-25-29-17-19-16-26(10-11-28-23(26)35)24(36)34(22(19)31-25)20-6-4-5-7-20/h8-9,17,20H,2,4-7,10-16H2,1,3H3,(H,28,35)(H,29,30,31)/b18-8+,21-9+. The molecule has 3 aliphatic heterocycles. The Kier molecular flexibility index (Phi) is 6.79. The molecule has 1 saturated carbocycles. The lowest BCUT2D eigenvalue weighted by atomic mass is 9.76. The van der Waals surface area contributed by atoms with Crippen molar-refractivity contribution < 1.29 is 9.59 Å². The molecule has 2 saturated heterocycles. The highest BCUT2D eigenvalue weighted by molar-refractivity contribution is 6.14. The van der Waals surface area contributed by atoms with Crippen LogP contribution in [0.3, 0.4) is 0 Å². The Bertz CT molecular complexity index is 1100. The van der Waals surface area contributed by atoms with Crippen LogP contribution in [0.5, 0.6) is 0 Å². The highest BCUT2D eigenvalue weighted by atomic mass is 16.2. The molecule has 1 aromatic rings. The van der Waals surface area contributed by atoms with Gasteiger partial charge in [0.2, 0.25) is 17.8 Å². The molecule has 5 rings (SSSR count). The van der Waals surface area contributed by atoms with Gasteiger partial charge in [-0.25, -0.2) is 9.98 Å². The van der Waals surface area contributed by atoms with E-state index in [0.717, 1.165) is 63.1 Å². The van der Waals surface area contributed by atoms with Gasteiger partial charge in [-0.2, -0.15) is 4.98 Å². The average Bonchev–Trinajstić information content (AvgIpc) is 3.54. The van der Waals surface area contributed by atoms with Crippen LogP contribution in [0.4, 0.5) is 11.8 Å². The van der Waals surface area contributed by atoms with Crippen molar-refractivity contribution in [2.24, 2.45) is 10.4 Å². The molecule has 1 atom stereocenters. The molecule has 0 radical (unpaired) electrons. The summed E-state index contributed by atoms with van der Waals surface area (Å²) < 4.78 is 0. The zero-order valence-electron chi connectivity index (χ0n) is 21.3. The predicted molar refractivity (Wildman–Crippen MR) is 140 cm³/mol. The monoisotopic (exact) mass is 492 g/mol. The first kappa shape index (κ1) is 24.4. The molecule has 4 aliphatic rings. The maximum Gasteiger partial charge on any atom is 0.244 e. The minimum atomic E-state index is -1.03. The van der Waals surface area contributed by atoms with E-state index in [4.69, 9.17) is 4.98 Å². The van der Waals surface area contributed by atoms with Crippen LogP contribution in [0.25, 0.3) is 0 Å². The third kappa shape index (κ3) is 4.50. The van der Waals surface area contributed by atoms with Crippen LogP contribution in [-0.4, -0.2) is 84.1 Å². The first-order valence-corrected chi connectivity index (χ1v) is 12.9. The second kappa shape index (κ2) is 10.0. The summed E-state index contributed by atoms with van der Waals surface area (Å²) in [5, 5.41) is 6.03. The number of piperazine rings is 1. The summed E-state index contributed by atoms with van der Waals surface area (Å²) >= 11 is 0. The van der Waals surface area contributed by atoms with E-state index in [2.05, 4.69) is 51.1 Å². The largest absolute Gasteiger partial charge is 0.372 e. The normalized spacial score (nSPS) is 25.9. The fourth-order valence-electron chi connectivity index (χ4n) is 5.78. The highest BCUT2D eigenvalue weighted by Crippen LogP contribution is 2.44. The number of rotatable bonds is 6. The number of aromatic nitrogens is 2. The van der Waals surface area contributed by atoms with Crippen LogP contribution in [0.1, 0.15) is 44.6 Å². The van der Waals surface area contributed by atoms with Gasteiger partial charge in [-0.05, 0) is 52.1 Å². The number of aliphatic imine (C=N–C) groups is 1.